The molecule has 0 aliphatic heterocycles. The van der Waals surface area contributed by atoms with E-state index in [9.17, 15) is 14.3 Å². The number of carbonyl (C=O) groups is 1. The smallest absolute Gasteiger partial charge is 0.374 e. The van der Waals surface area contributed by atoms with E-state index in [0.717, 1.165) is 24.6 Å². The predicted octanol–water partition coefficient (Wildman–Crippen LogP) is 3.21. The molecule has 134 valence electrons. The van der Waals surface area contributed by atoms with Crippen LogP contribution < -0.4 is 0 Å². The zero-order chi connectivity index (χ0) is 18.0. The molecule has 1 heterocycles. The van der Waals surface area contributed by atoms with Crippen LogP contribution in [0.1, 0.15) is 25.3 Å². The van der Waals surface area contributed by atoms with Crippen molar-refractivity contribution in [1.82, 2.24) is 14.8 Å². The van der Waals surface area contributed by atoms with E-state index in [4.69, 9.17) is 0 Å². The van der Waals surface area contributed by atoms with Gasteiger partial charge in [0.15, 0.2) is 5.16 Å². The third-order valence-electron chi connectivity index (χ3n) is 4.72. The van der Waals surface area contributed by atoms with Gasteiger partial charge >= 0.3 is 5.30 Å². The monoisotopic (exact) mass is 365 g/mol. The molecule has 1 fully saturated rings. The van der Waals surface area contributed by atoms with Crippen LogP contribution in [0, 0.1) is 17.7 Å². The summed E-state index contributed by atoms with van der Waals surface area (Å²) < 4.78 is 19.8. The number of hydrogen-bond donors (Lipinski definition) is 1. The normalized spacial score (nSPS) is 17.8. The second-order valence-corrected chi connectivity index (χ2v) is 7.22. The molecule has 3 rings (SSSR count). The molecule has 0 radical (unpaired) electrons. The van der Waals surface area contributed by atoms with Gasteiger partial charge in [-0.2, -0.15) is 5.10 Å². The molecule has 8 heteroatoms. The molecule has 1 aromatic carbocycles. The first-order chi connectivity index (χ1) is 11.9. The fourth-order valence-electron chi connectivity index (χ4n) is 3.03. The molecule has 1 aromatic heterocycles. The number of thioether (sulfide) groups is 1. The minimum Gasteiger partial charge on any atom is -0.461 e. The summed E-state index contributed by atoms with van der Waals surface area (Å²) in [5, 5.41) is 15.4. The minimum atomic E-state index is -1.32. The maximum Gasteiger partial charge on any atom is 0.374 e. The summed E-state index contributed by atoms with van der Waals surface area (Å²) in [4.78, 5) is 15.6. The number of nitrogens with zero attached hydrogens (tertiary/aromatic N) is 3. The number of halogens is 1. The van der Waals surface area contributed by atoms with Gasteiger partial charge in [-0.3, -0.25) is 0 Å². The van der Waals surface area contributed by atoms with E-state index >= 15 is 0 Å². The summed E-state index contributed by atoms with van der Waals surface area (Å²) in [7, 11) is 1.29. The largest absolute Gasteiger partial charge is 0.461 e. The Morgan fingerprint density at radius 3 is 2.96 bits per heavy atom. The van der Waals surface area contributed by atoms with Crippen molar-refractivity contribution >= 4 is 17.1 Å². The average molecular weight is 365 g/mol. The molecule has 2 unspecified atom stereocenters. The van der Waals surface area contributed by atoms with Gasteiger partial charge in [-0.25, -0.2) is 18.9 Å². The van der Waals surface area contributed by atoms with Crippen molar-refractivity contribution in [3.05, 3.63) is 42.0 Å². The molecule has 2 aromatic rings. The molecule has 2 atom stereocenters. The van der Waals surface area contributed by atoms with E-state index in [1.807, 2.05) is 6.92 Å². The summed E-state index contributed by atoms with van der Waals surface area (Å²) >= 11 is 0.795. The zero-order valence-electron chi connectivity index (χ0n) is 14.1. The molecule has 0 saturated heterocycles. The van der Waals surface area contributed by atoms with Crippen molar-refractivity contribution in [3.8, 4) is 0 Å². The fraction of sp³-hybridized carbons (Fsp3) is 0.471. The second kappa shape index (κ2) is 7.13. The molecule has 0 bridgehead atoms. The van der Waals surface area contributed by atoms with Crippen LogP contribution in [-0.2, 0) is 16.9 Å². The van der Waals surface area contributed by atoms with Crippen molar-refractivity contribution in [2.24, 2.45) is 11.8 Å². The highest BCUT2D eigenvalue weighted by Gasteiger charge is 2.45. The lowest BCUT2D eigenvalue weighted by atomic mass is 9.79. The van der Waals surface area contributed by atoms with Crippen LogP contribution in [-0.4, -0.2) is 32.3 Å². The molecule has 1 aliphatic rings. The molecule has 25 heavy (non-hydrogen) atoms. The van der Waals surface area contributed by atoms with Crippen molar-refractivity contribution in [2.45, 2.75) is 37.1 Å². The van der Waals surface area contributed by atoms with Gasteiger partial charge in [0.2, 0.25) is 0 Å². The molecule has 1 saturated carbocycles. The zero-order valence-corrected chi connectivity index (χ0v) is 14.9. The standard InChI is InChI=1S/C17H20FN3O3S/c1-11(12-6-7-12)17(23,13-4-3-5-14(18)8-13)9-21-15(19-10-20-21)25-16(22)24-2/h3-5,8,10-12,23H,6-7,9H2,1-2H3. The molecule has 0 spiro atoms. The lowest BCUT2D eigenvalue weighted by Crippen LogP contribution is -2.40. The van der Waals surface area contributed by atoms with Crippen molar-refractivity contribution in [2.75, 3.05) is 7.11 Å². The Labute approximate surface area is 149 Å². The van der Waals surface area contributed by atoms with Crippen LogP contribution in [0.5, 0.6) is 0 Å². The van der Waals surface area contributed by atoms with E-state index in [0.29, 0.717) is 16.6 Å². The fourth-order valence-corrected chi connectivity index (χ4v) is 3.58. The highest BCUT2D eigenvalue weighted by atomic mass is 32.2. The first kappa shape index (κ1) is 17.9. The van der Waals surface area contributed by atoms with Crippen LogP contribution in [0.4, 0.5) is 9.18 Å². The topological polar surface area (TPSA) is 77.2 Å². The Morgan fingerprint density at radius 1 is 1.56 bits per heavy atom. The summed E-state index contributed by atoms with van der Waals surface area (Å²) in [5.74, 6) is -0.107. The molecule has 0 amide bonds. The van der Waals surface area contributed by atoms with Crippen LogP contribution in [0.2, 0.25) is 0 Å². The second-order valence-electron chi connectivity index (χ2n) is 6.32. The molecular formula is C17H20FN3O3S. The van der Waals surface area contributed by atoms with Gasteiger partial charge in [0.25, 0.3) is 0 Å². The van der Waals surface area contributed by atoms with E-state index in [1.165, 1.54) is 30.3 Å². The highest BCUT2D eigenvalue weighted by Crippen LogP contribution is 2.46. The van der Waals surface area contributed by atoms with E-state index < -0.39 is 16.7 Å². The van der Waals surface area contributed by atoms with Crippen molar-refractivity contribution in [3.63, 3.8) is 0 Å². The Morgan fingerprint density at radius 2 is 2.32 bits per heavy atom. The van der Waals surface area contributed by atoms with E-state index in [1.54, 1.807) is 12.1 Å². The van der Waals surface area contributed by atoms with Gasteiger partial charge in [0, 0.05) is 11.8 Å². The lowest BCUT2D eigenvalue weighted by Gasteiger charge is -2.35. The SMILES string of the molecule is COC(=O)Sc1ncnn1CC(O)(c1cccc(F)c1)C(C)C1CC1. The quantitative estimate of drug-likeness (QED) is 0.626. The Kier molecular flexibility index (Phi) is 5.10. The summed E-state index contributed by atoms with van der Waals surface area (Å²) in [5.41, 5.74) is -0.820. The maximum atomic E-state index is 13.7. The van der Waals surface area contributed by atoms with E-state index in [-0.39, 0.29) is 12.5 Å². The van der Waals surface area contributed by atoms with Gasteiger partial charge < -0.3 is 9.84 Å². The lowest BCUT2D eigenvalue weighted by molar-refractivity contribution is -0.0464. The third-order valence-corrected chi connectivity index (χ3v) is 5.55. The Bertz CT molecular complexity index is 765. The first-order valence-electron chi connectivity index (χ1n) is 8.06. The van der Waals surface area contributed by atoms with Crippen LogP contribution in [0.25, 0.3) is 0 Å². The third kappa shape index (κ3) is 3.85. The maximum absolute atomic E-state index is 13.7. The van der Waals surface area contributed by atoms with E-state index in [2.05, 4.69) is 14.8 Å². The highest BCUT2D eigenvalue weighted by molar-refractivity contribution is 8.13. The molecule has 6 nitrogen and oxygen atoms in total. The number of rotatable bonds is 6. The first-order valence-corrected chi connectivity index (χ1v) is 8.87. The van der Waals surface area contributed by atoms with Crippen LogP contribution in [0.15, 0.2) is 35.7 Å². The minimum absolute atomic E-state index is 0.0768. The van der Waals surface area contributed by atoms with Gasteiger partial charge in [0.1, 0.15) is 17.7 Å². The van der Waals surface area contributed by atoms with Gasteiger partial charge in [-0.1, -0.05) is 19.1 Å². The van der Waals surface area contributed by atoms with Gasteiger partial charge in [-0.05, 0) is 42.4 Å². The summed E-state index contributed by atoms with van der Waals surface area (Å²) in [6.07, 6.45) is 3.40. The Balaban J connectivity index is 1.94. The number of ether oxygens (including phenoxy) is 1. The number of carbonyl (C=O) groups excluding carboxylic acids is 1. The number of methoxy groups -OCH3 is 1. The molecular weight excluding hydrogens is 345 g/mol. The molecule has 1 N–H and O–H groups in total. The molecule has 1 aliphatic carbocycles. The van der Waals surface area contributed by atoms with Crippen LogP contribution in [0.3, 0.4) is 0 Å². The van der Waals surface area contributed by atoms with Gasteiger partial charge in [0.05, 0.1) is 13.7 Å². The average Bonchev–Trinajstić information content (AvgIpc) is 3.36. The predicted molar refractivity (Wildman–Crippen MR) is 90.5 cm³/mol. The number of aliphatic hydroxyl groups is 1. The summed E-state index contributed by atoms with van der Waals surface area (Å²) in [6.45, 7) is 2.04. The van der Waals surface area contributed by atoms with Crippen LogP contribution >= 0.6 is 11.8 Å². The number of hydrogen-bond acceptors (Lipinski definition) is 6. The van der Waals surface area contributed by atoms with Gasteiger partial charge in [-0.15, -0.1) is 0 Å². The summed E-state index contributed by atoms with van der Waals surface area (Å²) in [6, 6.07) is 6.00. The van der Waals surface area contributed by atoms with Crippen molar-refractivity contribution in [1.29, 1.82) is 0 Å². The number of aromatic nitrogens is 3. The number of benzene rings is 1. The Hall–Kier alpha value is -1.93. The van der Waals surface area contributed by atoms with Crippen molar-refractivity contribution < 1.29 is 19.0 Å².